The molecule has 1 aromatic rings. The van der Waals surface area contributed by atoms with Gasteiger partial charge in [0.2, 0.25) is 0 Å². The highest BCUT2D eigenvalue weighted by atomic mass is 16.5. The van der Waals surface area contributed by atoms with Crippen LogP contribution in [0.2, 0.25) is 0 Å². The van der Waals surface area contributed by atoms with Crippen LogP contribution >= 0.6 is 0 Å². The van der Waals surface area contributed by atoms with Gasteiger partial charge in [0.25, 0.3) is 0 Å². The third-order valence-corrected chi connectivity index (χ3v) is 2.55. The molecule has 0 radical (unpaired) electrons. The van der Waals surface area contributed by atoms with Crippen LogP contribution in [0.1, 0.15) is 41.0 Å². The van der Waals surface area contributed by atoms with Crippen molar-refractivity contribution in [2.24, 2.45) is 5.92 Å². The van der Waals surface area contributed by atoms with Gasteiger partial charge in [-0.05, 0) is 23.6 Å². The molecule has 0 saturated heterocycles. The molecule has 1 aromatic carbocycles. The fourth-order valence-corrected chi connectivity index (χ4v) is 1.16. The second-order valence-electron chi connectivity index (χ2n) is 3.98. The molecule has 0 heterocycles. The first-order valence-electron chi connectivity index (χ1n) is 5.53. The first-order chi connectivity index (χ1) is 8.04. The first kappa shape index (κ1) is 13.2. The molecule has 0 bridgehead atoms. The zero-order chi connectivity index (χ0) is 12.8. The van der Waals surface area contributed by atoms with Crippen LogP contribution in [0.25, 0.3) is 0 Å². The summed E-state index contributed by atoms with van der Waals surface area (Å²) in [6.45, 7) is 4.39. The van der Waals surface area contributed by atoms with Crippen LogP contribution in [0.4, 0.5) is 0 Å². The number of benzene rings is 1. The van der Waals surface area contributed by atoms with Crippen molar-refractivity contribution in [1.29, 1.82) is 0 Å². The molecule has 0 aliphatic heterocycles. The highest BCUT2D eigenvalue weighted by molar-refractivity contribution is 5.91. The van der Waals surface area contributed by atoms with E-state index in [1.807, 2.05) is 13.8 Å². The van der Waals surface area contributed by atoms with E-state index in [1.165, 1.54) is 24.3 Å². The lowest BCUT2D eigenvalue weighted by molar-refractivity contribution is -0.255. The number of carboxylic acids is 1. The zero-order valence-corrected chi connectivity index (χ0v) is 9.93. The Morgan fingerprint density at radius 3 is 2.24 bits per heavy atom. The van der Waals surface area contributed by atoms with Crippen LogP contribution in [0, 0.1) is 5.92 Å². The van der Waals surface area contributed by atoms with Gasteiger partial charge in [-0.3, -0.25) is 0 Å². The quantitative estimate of drug-likeness (QED) is 0.720. The van der Waals surface area contributed by atoms with Crippen molar-refractivity contribution in [3.8, 4) is 0 Å². The average Bonchev–Trinajstić information content (AvgIpc) is 2.35. The molecule has 0 unspecified atom stereocenters. The van der Waals surface area contributed by atoms with Crippen molar-refractivity contribution in [3.05, 3.63) is 35.4 Å². The third kappa shape index (κ3) is 3.90. The Bertz CT molecular complexity index is 394. The van der Waals surface area contributed by atoms with Gasteiger partial charge >= 0.3 is 5.97 Å². The molecule has 0 N–H and O–H groups in total. The molecule has 17 heavy (non-hydrogen) atoms. The Balaban J connectivity index is 2.61. The second-order valence-corrected chi connectivity index (χ2v) is 3.98. The lowest BCUT2D eigenvalue weighted by Crippen LogP contribution is -2.22. The largest absolute Gasteiger partial charge is 0.545 e. The Morgan fingerprint density at radius 2 is 1.76 bits per heavy atom. The molecule has 0 amide bonds. The Labute approximate surface area is 100 Å². The van der Waals surface area contributed by atoms with E-state index in [0.717, 1.165) is 6.42 Å². The summed E-state index contributed by atoms with van der Waals surface area (Å²) in [7, 11) is 0. The van der Waals surface area contributed by atoms with E-state index in [9.17, 15) is 14.7 Å². The molecule has 0 saturated carbocycles. The maximum absolute atomic E-state index is 11.6. The van der Waals surface area contributed by atoms with Crippen molar-refractivity contribution >= 4 is 11.9 Å². The van der Waals surface area contributed by atoms with Crippen LogP contribution in [0.15, 0.2) is 24.3 Å². The summed E-state index contributed by atoms with van der Waals surface area (Å²) in [5, 5.41) is 10.5. The van der Waals surface area contributed by atoms with Gasteiger partial charge < -0.3 is 14.6 Å². The summed E-state index contributed by atoms with van der Waals surface area (Å²) < 4.78 is 5.08. The SMILES string of the molecule is CC[C@H](C)COC(=O)c1ccc(C(=O)[O-])cc1. The van der Waals surface area contributed by atoms with Gasteiger partial charge in [-0.25, -0.2) is 4.79 Å². The van der Waals surface area contributed by atoms with Crippen molar-refractivity contribution < 1.29 is 19.4 Å². The molecule has 0 aromatic heterocycles. The van der Waals surface area contributed by atoms with Gasteiger partial charge in [-0.15, -0.1) is 0 Å². The van der Waals surface area contributed by atoms with Gasteiger partial charge in [-0.1, -0.05) is 32.4 Å². The molecule has 1 rings (SSSR count). The van der Waals surface area contributed by atoms with Gasteiger partial charge in [0.15, 0.2) is 0 Å². The lowest BCUT2D eigenvalue weighted by Gasteiger charge is -2.10. The van der Waals surface area contributed by atoms with E-state index in [2.05, 4.69) is 0 Å². The molecule has 4 nitrogen and oxygen atoms in total. The van der Waals surface area contributed by atoms with Crippen LogP contribution in [0.5, 0.6) is 0 Å². The highest BCUT2D eigenvalue weighted by Crippen LogP contribution is 2.07. The molecule has 4 heteroatoms. The number of hydrogen-bond acceptors (Lipinski definition) is 4. The molecule has 92 valence electrons. The summed E-state index contributed by atoms with van der Waals surface area (Å²) >= 11 is 0. The summed E-state index contributed by atoms with van der Waals surface area (Å²) in [5.74, 6) is -1.37. The minimum Gasteiger partial charge on any atom is -0.545 e. The highest BCUT2D eigenvalue weighted by Gasteiger charge is 2.08. The Kier molecular flexibility index (Phi) is 4.69. The average molecular weight is 235 g/mol. The maximum Gasteiger partial charge on any atom is 0.338 e. The Hall–Kier alpha value is -1.84. The van der Waals surface area contributed by atoms with Crippen molar-refractivity contribution in [2.45, 2.75) is 20.3 Å². The smallest absolute Gasteiger partial charge is 0.338 e. The molecule has 0 aliphatic rings. The number of esters is 1. The predicted molar refractivity (Wildman–Crippen MR) is 60.5 cm³/mol. The van der Waals surface area contributed by atoms with Crippen molar-refractivity contribution in [1.82, 2.24) is 0 Å². The first-order valence-corrected chi connectivity index (χ1v) is 5.53. The van der Waals surface area contributed by atoms with Crippen LogP contribution in [-0.4, -0.2) is 18.5 Å². The number of rotatable bonds is 5. The summed E-state index contributed by atoms with van der Waals surface area (Å²) in [5.41, 5.74) is 0.391. The molecular formula is C13H15O4-. The van der Waals surface area contributed by atoms with Crippen LogP contribution < -0.4 is 5.11 Å². The fraction of sp³-hybridized carbons (Fsp3) is 0.385. The summed E-state index contributed by atoms with van der Waals surface area (Å²) in [4.78, 5) is 22.1. The van der Waals surface area contributed by atoms with Crippen LogP contribution in [-0.2, 0) is 4.74 Å². The number of ether oxygens (including phenoxy) is 1. The molecule has 0 spiro atoms. The molecular weight excluding hydrogens is 220 g/mol. The summed E-state index contributed by atoms with van der Waals surface area (Å²) in [6.07, 6.45) is 0.941. The van der Waals surface area contributed by atoms with Crippen molar-refractivity contribution in [3.63, 3.8) is 0 Å². The standard InChI is InChI=1S/C13H16O4/c1-3-9(2)8-17-13(16)11-6-4-10(5-7-11)12(14)15/h4-7,9H,3,8H2,1-2H3,(H,14,15)/p-1/t9-/m0/s1. The van der Waals surface area contributed by atoms with E-state index < -0.39 is 11.9 Å². The molecule has 1 atom stereocenters. The Morgan fingerprint density at radius 1 is 1.24 bits per heavy atom. The second kappa shape index (κ2) is 6.03. The van der Waals surface area contributed by atoms with Crippen LogP contribution in [0.3, 0.4) is 0 Å². The van der Waals surface area contributed by atoms with Crippen molar-refractivity contribution in [2.75, 3.05) is 6.61 Å². The third-order valence-electron chi connectivity index (χ3n) is 2.55. The number of carbonyl (C=O) groups is 2. The summed E-state index contributed by atoms with van der Waals surface area (Å²) in [6, 6.07) is 5.50. The lowest BCUT2D eigenvalue weighted by atomic mass is 10.1. The van der Waals surface area contributed by atoms with E-state index >= 15 is 0 Å². The van der Waals surface area contributed by atoms with Gasteiger partial charge in [-0.2, -0.15) is 0 Å². The minimum absolute atomic E-state index is 0.0449. The number of carboxylic acid groups (broad SMARTS) is 1. The molecule has 0 fully saturated rings. The van der Waals surface area contributed by atoms with Gasteiger partial charge in [0, 0.05) is 0 Å². The number of carbonyl (C=O) groups excluding carboxylic acids is 2. The van der Waals surface area contributed by atoms with Gasteiger partial charge in [0.1, 0.15) is 0 Å². The predicted octanol–water partition coefficient (Wildman–Crippen LogP) is 1.25. The van der Waals surface area contributed by atoms with Gasteiger partial charge in [0.05, 0.1) is 18.1 Å². The van der Waals surface area contributed by atoms with E-state index in [0.29, 0.717) is 18.1 Å². The minimum atomic E-state index is -1.26. The fourth-order valence-electron chi connectivity index (χ4n) is 1.16. The zero-order valence-electron chi connectivity index (χ0n) is 9.93. The topological polar surface area (TPSA) is 66.4 Å². The number of hydrogen-bond donors (Lipinski definition) is 0. The van der Waals surface area contributed by atoms with E-state index in [4.69, 9.17) is 4.74 Å². The maximum atomic E-state index is 11.6. The number of aromatic carboxylic acids is 1. The van der Waals surface area contributed by atoms with E-state index in [1.54, 1.807) is 0 Å². The van der Waals surface area contributed by atoms with E-state index in [-0.39, 0.29) is 5.56 Å². The normalized spacial score (nSPS) is 11.9. The monoisotopic (exact) mass is 235 g/mol. The molecule has 0 aliphatic carbocycles.